The van der Waals surface area contributed by atoms with Gasteiger partial charge in [0.1, 0.15) is 12.6 Å². The van der Waals surface area contributed by atoms with Crippen molar-refractivity contribution in [3.63, 3.8) is 0 Å². The Kier molecular flexibility index (Phi) is 13.6. The largest absolute Gasteiger partial charge is 0.374 e. The third kappa shape index (κ3) is 9.21. The van der Waals surface area contributed by atoms with E-state index < -0.39 is 23.4 Å². The number of aromatic nitrogens is 2. The van der Waals surface area contributed by atoms with Gasteiger partial charge >= 0.3 is 0 Å². The molecule has 40 heavy (non-hydrogen) atoms. The average Bonchev–Trinajstić information content (AvgIpc) is 3.50. The molecule has 10 nitrogen and oxygen atoms in total. The second-order valence-corrected chi connectivity index (χ2v) is 9.59. The maximum atomic E-state index is 13.0. The molecule has 0 unspecified atom stereocenters. The Morgan fingerprint density at radius 3 is 2.42 bits per heavy atom. The fraction of sp³-hybridized carbons (Fsp3) is 0.333. The van der Waals surface area contributed by atoms with E-state index in [1.54, 1.807) is 29.5 Å². The second-order valence-electron chi connectivity index (χ2n) is 9.59. The number of hydrogen-bond acceptors (Lipinski definition) is 6. The van der Waals surface area contributed by atoms with Crippen LogP contribution in [0, 0.1) is 0 Å². The lowest BCUT2D eigenvalue weighted by molar-refractivity contribution is -0.130. The summed E-state index contributed by atoms with van der Waals surface area (Å²) in [6, 6.07) is 16.4. The SMILES string of the molecule is CC(C)(N)C(=O)N[C@H](COCc1ccccc1)C(=O)Nc1cn(CC(=O)N2CCc3ccccc32)cn1.Cl.Cl.Cl. The number of anilines is 2. The normalized spacial score (nSPS) is 12.6. The Hall–Kier alpha value is -3.15. The average molecular weight is 614 g/mol. The molecule has 2 aromatic carbocycles. The van der Waals surface area contributed by atoms with Crippen LogP contribution >= 0.6 is 37.2 Å². The summed E-state index contributed by atoms with van der Waals surface area (Å²) in [4.78, 5) is 44.3. The minimum absolute atomic E-state index is 0. The fourth-order valence-electron chi connectivity index (χ4n) is 3.96. The van der Waals surface area contributed by atoms with E-state index in [0.717, 1.165) is 23.2 Å². The van der Waals surface area contributed by atoms with Gasteiger partial charge in [0.25, 0.3) is 5.91 Å². The van der Waals surface area contributed by atoms with Crippen LogP contribution < -0.4 is 21.3 Å². The summed E-state index contributed by atoms with van der Waals surface area (Å²) in [5.74, 6) is -0.799. The Balaban J connectivity index is 0.00000267. The molecule has 0 fully saturated rings. The predicted octanol–water partition coefficient (Wildman–Crippen LogP) is 3.12. The van der Waals surface area contributed by atoms with E-state index in [-0.39, 0.29) is 68.7 Å². The highest BCUT2D eigenvalue weighted by Crippen LogP contribution is 2.27. The first kappa shape index (κ1) is 34.9. The molecule has 2 heterocycles. The molecule has 3 amide bonds. The van der Waals surface area contributed by atoms with Crippen LogP contribution in [0.25, 0.3) is 0 Å². The van der Waals surface area contributed by atoms with Gasteiger partial charge in [-0.15, -0.1) is 37.2 Å². The van der Waals surface area contributed by atoms with Gasteiger partial charge in [0.05, 0.1) is 25.1 Å². The maximum absolute atomic E-state index is 13.0. The maximum Gasteiger partial charge on any atom is 0.250 e. The molecule has 0 saturated heterocycles. The van der Waals surface area contributed by atoms with E-state index in [0.29, 0.717) is 6.54 Å². The van der Waals surface area contributed by atoms with Gasteiger partial charge in [-0.3, -0.25) is 14.4 Å². The first-order valence-corrected chi connectivity index (χ1v) is 12.1. The monoisotopic (exact) mass is 612 g/mol. The quantitative estimate of drug-likeness (QED) is 0.322. The first-order valence-electron chi connectivity index (χ1n) is 12.1. The number of halogens is 3. The number of nitrogens with zero attached hydrogens (tertiary/aromatic N) is 3. The molecule has 0 bridgehead atoms. The second kappa shape index (κ2) is 15.6. The van der Waals surface area contributed by atoms with E-state index in [2.05, 4.69) is 15.6 Å². The number of carbonyl (C=O) groups is 3. The van der Waals surface area contributed by atoms with Crippen LogP contribution in [0.4, 0.5) is 11.5 Å². The zero-order valence-electron chi connectivity index (χ0n) is 22.2. The number of carbonyl (C=O) groups excluding carboxylic acids is 3. The standard InChI is InChI=1S/C27H32N6O4.3ClH/c1-27(2,28)26(36)30-21(17-37-16-19-8-4-3-5-9-19)25(35)31-23-14-32(18-29-23)15-24(34)33-13-12-20-10-6-7-11-22(20)33;;;/h3-11,14,18,21H,12-13,15-17,28H2,1-2H3,(H,30,36)(H,31,35);3*1H/t21-;;;/m1.../s1. The molecule has 218 valence electrons. The number of benzene rings is 2. The van der Waals surface area contributed by atoms with Gasteiger partial charge in [-0.2, -0.15) is 0 Å². The van der Waals surface area contributed by atoms with Crippen molar-refractivity contribution in [3.05, 3.63) is 78.2 Å². The van der Waals surface area contributed by atoms with E-state index in [1.807, 2.05) is 54.6 Å². The number of imidazole rings is 1. The van der Waals surface area contributed by atoms with Gasteiger partial charge in [-0.25, -0.2) is 4.98 Å². The van der Waals surface area contributed by atoms with Crippen LogP contribution in [0.1, 0.15) is 25.0 Å². The molecular formula is C27H35Cl3N6O4. The van der Waals surface area contributed by atoms with Gasteiger partial charge in [0, 0.05) is 18.4 Å². The summed E-state index contributed by atoms with van der Waals surface area (Å²) in [5.41, 5.74) is 7.74. The van der Waals surface area contributed by atoms with E-state index in [4.69, 9.17) is 10.5 Å². The molecule has 1 aromatic heterocycles. The Bertz CT molecular complexity index is 1270. The zero-order chi connectivity index (χ0) is 26.4. The molecule has 1 atom stereocenters. The van der Waals surface area contributed by atoms with Crippen LogP contribution in [0.5, 0.6) is 0 Å². The van der Waals surface area contributed by atoms with E-state index in [1.165, 1.54) is 6.33 Å². The fourth-order valence-corrected chi connectivity index (χ4v) is 3.96. The van der Waals surface area contributed by atoms with Crippen LogP contribution in [-0.2, 0) is 38.7 Å². The Morgan fingerprint density at radius 1 is 1.05 bits per heavy atom. The molecule has 0 aliphatic carbocycles. The highest BCUT2D eigenvalue weighted by atomic mass is 35.5. The molecule has 0 radical (unpaired) electrons. The zero-order valence-corrected chi connectivity index (χ0v) is 24.7. The smallest absolute Gasteiger partial charge is 0.250 e. The van der Waals surface area contributed by atoms with Crippen LogP contribution in [0.2, 0.25) is 0 Å². The van der Waals surface area contributed by atoms with Crippen molar-refractivity contribution in [3.8, 4) is 0 Å². The van der Waals surface area contributed by atoms with Crippen LogP contribution in [-0.4, -0.2) is 52.0 Å². The van der Waals surface area contributed by atoms with Crippen molar-refractivity contribution in [2.24, 2.45) is 5.73 Å². The minimum atomic E-state index is -1.17. The van der Waals surface area contributed by atoms with Gasteiger partial charge in [0.15, 0.2) is 5.82 Å². The molecule has 1 aliphatic heterocycles. The number of nitrogens with one attached hydrogen (secondary N) is 2. The van der Waals surface area contributed by atoms with Crippen molar-refractivity contribution in [2.75, 3.05) is 23.4 Å². The van der Waals surface area contributed by atoms with Crippen LogP contribution in [0.15, 0.2) is 67.1 Å². The van der Waals surface area contributed by atoms with E-state index in [9.17, 15) is 14.4 Å². The van der Waals surface area contributed by atoms with Gasteiger partial charge in [-0.05, 0) is 37.5 Å². The van der Waals surface area contributed by atoms with Gasteiger partial charge in [-0.1, -0.05) is 48.5 Å². The number of ether oxygens (including phenoxy) is 1. The summed E-state index contributed by atoms with van der Waals surface area (Å²) in [7, 11) is 0. The Morgan fingerprint density at radius 2 is 1.73 bits per heavy atom. The number of hydrogen-bond donors (Lipinski definition) is 3. The van der Waals surface area contributed by atoms with E-state index >= 15 is 0 Å². The van der Waals surface area contributed by atoms with Gasteiger partial charge < -0.3 is 30.6 Å². The molecular weight excluding hydrogens is 579 g/mol. The predicted molar refractivity (Wildman–Crippen MR) is 161 cm³/mol. The minimum Gasteiger partial charge on any atom is -0.374 e. The molecule has 4 N–H and O–H groups in total. The topological polar surface area (TPSA) is 132 Å². The number of nitrogens with two attached hydrogens (primary N) is 1. The summed E-state index contributed by atoms with van der Waals surface area (Å²) >= 11 is 0. The third-order valence-electron chi connectivity index (χ3n) is 5.99. The van der Waals surface area contributed by atoms with Gasteiger partial charge in [0.2, 0.25) is 11.8 Å². The molecule has 0 spiro atoms. The van der Waals surface area contributed by atoms with Crippen molar-refractivity contribution >= 4 is 66.4 Å². The lowest BCUT2D eigenvalue weighted by atomic mass is 10.1. The summed E-state index contributed by atoms with van der Waals surface area (Å²) in [5, 5.41) is 5.35. The van der Waals surface area contributed by atoms with Crippen molar-refractivity contribution in [1.29, 1.82) is 0 Å². The molecule has 13 heteroatoms. The van der Waals surface area contributed by atoms with Crippen molar-refractivity contribution in [2.45, 2.75) is 45.0 Å². The lowest BCUT2D eigenvalue weighted by Gasteiger charge is -2.23. The molecule has 4 rings (SSSR count). The van der Waals surface area contributed by atoms with Crippen molar-refractivity contribution in [1.82, 2.24) is 14.9 Å². The lowest BCUT2D eigenvalue weighted by Crippen LogP contribution is -2.56. The number of amides is 3. The number of para-hydroxylation sites is 1. The highest BCUT2D eigenvalue weighted by molar-refractivity contribution is 5.98. The highest BCUT2D eigenvalue weighted by Gasteiger charge is 2.29. The first-order chi connectivity index (χ1) is 17.7. The number of rotatable bonds is 10. The third-order valence-corrected chi connectivity index (χ3v) is 5.99. The molecule has 3 aromatic rings. The van der Waals surface area contributed by atoms with Crippen LogP contribution in [0.3, 0.4) is 0 Å². The summed E-state index contributed by atoms with van der Waals surface area (Å²) in [6.45, 7) is 4.05. The number of fused-ring (bicyclic) bond motifs is 1. The Labute approximate surface area is 252 Å². The molecule has 1 aliphatic rings. The molecule has 0 saturated carbocycles. The van der Waals surface area contributed by atoms with Crippen molar-refractivity contribution < 1.29 is 19.1 Å². The summed E-state index contributed by atoms with van der Waals surface area (Å²) < 4.78 is 7.32. The summed E-state index contributed by atoms with van der Waals surface area (Å²) in [6.07, 6.45) is 3.89.